The van der Waals surface area contributed by atoms with E-state index in [0.717, 1.165) is 31.2 Å². The highest BCUT2D eigenvalue weighted by atomic mass is 19.1. The minimum atomic E-state index is -0.192. The van der Waals surface area contributed by atoms with E-state index in [4.69, 9.17) is 14.9 Å². The molecule has 0 saturated heterocycles. The zero-order valence-corrected chi connectivity index (χ0v) is 13.4. The molecule has 6 nitrogen and oxygen atoms in total. The van der Waals surface area contributed by atoms with Crippen LogP contribution in [0.1, 0.15) is 25.7 Å². The van der Waals surface area contributed by atoms with Crippen molar-refractivity contribution in [3.05, 3.63) is 30.1 Å². The third-order valence-electron chi connectivity index (χ3n) is 4.22. The molecule has 1 saturated carbocycles. The van der Waals surface area contributed by atoms with Gasteiger partial charge in [0, 0.05) is 24.2 Å². The van der Waals surface area contributed by atoms with E-state index in [0.29, 0.717) is 29.3 Å². The molecule has 0 amide bonds. The monoisotopic (exact) mass is 335 g/mol. The van der Waals surface area contributed by atoms with Gasteiger partial charge >= 0.3 is 0 Å². The SMILES string of the molecule is NCC(=CF)COc1ccc2nc(NC3CCC(O)CC3)oc2c1. The summed E-state index contributed by atoms with van der Waals surface area (Å²) in [4.78, 5) is 4.41. The molecule has 24 heavy (non-hydrogen) atoms. The molecule has 0 atom stereocenters. The number of nitrogens with two attached hydrogens (primary N) is 1. The molecule has 3 rings (SSSR count). The van der Waals surface area contributed by atoms with Crippen LogP contribution in [0.15, 0.2) is 34.5 Å². The molecule has 7 heteroatoms. The number of halogens is 1. The van der Waals surface area contributed by atoms with Crippen LogP contribution >= 0.6 is 0 Å². The maximum absolute atomic E-state index is 12.5. The number of nitrogens with one attached hydrogen (secondary N) is 1. The van der Waals surface area contributed by atoms with Gasteiger partial charge in [-0.1, -0.05) is 0 Å². The molecule has 1 aliphatic carbocycles. The first-order chi connectivity index (χ1) is 11.7. The van der Waals surface area contributed by atoms with Crippen LogP contribution < -0.4 is 15.8 Å². The van der Waals surface area contributed by atoms with Crippen molar-refractivity contribution in [1.82, 2.24) is 4.98 Å². The summed E-state index contributed by atoms with van der Waals surface area (Å²) < 4.78 is 23.7. The first-order valence-corrected chi connectivity index (χ1v) is 8.14. The highest BCUT2D eigenvalue weighted by Crippen LogP contribution is 2.27. The molecule has 0 spiro atoms. The molecular weight excluding hydrogens is 313 g/mol. The van der Waals surface area contributed by atoms with Gasteiger partial charge in [0.2, 0.25) is 0 Å². The Balaban J connectivity index is 1.65. The van der Waals surface area contributed by atoms with Crippen LogP contribution in [0.3, 0.4) is 0 Å². The Labute approximate surface area is 139 Å². The number of fused-ring (bicyclic) bond motifs is 1. The smallest absolute Gasteiger partial charge is 0.295 e. The van der Waals surface area contributed by atoms with Crippen molar-refractivity contribution in [3.63, 3.8) is 0 Å². The van der Waals surface area contributed by atoms with E-state index < -0.39 is 0 Å². The lowest BCUT2D eigenvalue weighted by Crippen LogP contribution is -2.28. The van der Waals surface area contributed by atoms with Gasteiger partial charge in [0.05, 0.1) is 12.4 Å². The number of nitrogens with zero attached hydrogens (tertiary/aromatic N) is 1. The highest BCUT2D eigenvalue weighted by Gasteiger charge is 2.20. The summed E-state index contributed by atoms with van der Waals surface area (Å²) in [7, 11) is 0. The maximum atomic E-state index is 12.5. The van der Waals surface area contributed by atoms with Crippen molar-refractivity contribution < 1.29 is 18.7 Å². The topological polar surface area (TPSA) is 93.5 Å². The molecule has 1 aromatic heterocycles. The summed E-state index contributed by atoms with van der Waals surface area (Å²) in [6.45, 7) is 0.216. The Morgan fingerprint density at radius 1 is 1.42 bits per heavy atom. The lowest BCUT2D eigenvalue weighted by molar-refractivity contribution is 0.125. The van der Waals surface area contributed by atoms with E-state index in [2.05, 4.69) is 10.3 Å². The third kappa shape index (κ3) is 4.04. The summed E-state index contributed by atoms with van der Waals surface area (Å²) in [6, 6.07) is 6.02. The molecule has 0 unspecified atom stereocenters. The summed E-state index contributed by atoms with van der Waals surface area (Å²) in [6.07, 6.45) is 3.65. The number of benzene rings is 1. The maximum Gasteiger partial charge on any atom is 0.295 e. The van der Waals surface area contributed by atoms with Crippen molar-refractivity contribution in [2.75, 3.05) is 18.5 Å². The summed E-state index contributed by atoms with van der Waals surface area (Å²) in [5, 5.41) is 12.8. The van der Waals surface area contributed by atoms with Gasteiger partial charge in [0.25, 0.3) is 6.01 Å². The van der Waals surface area contributed by atoms with Crippen LogP contribution in [-0.2, 0) is 0 Å². The minimum Gasteiger partial charge on any atom is -0.489 e. The number of ether oxygens (including phenoxy) is 1. The van der Waals surface area contributed by atoms with Crippen LogP contribution in [0.2, 0.25) is 0 Å². The Bertz CT molecular complexity index is 708. The predicted molar refractivity (Wildman–Crippen MR) is 89.6 cm³/mol. The van der Waals surface area contributed by atoms with Gasteiger partial charge in [0.1, 0.15) is 17.9 Å². The Kier molecular flexibility index (Phi) is 5.32. The van der Waals surface area contributed by atoms with Crippen LogP contribution in [-0.4, -0.2) is 35.4 Å². The van der Waals surface area contributed by atoms with Gasteiger partial charge in [-0.05, 0) is 37.8 Å². The van der Waals surface area contributed by atoms with Crippen molar-refractivity contribution >= 4 is 17.1 Å². The van der Waals surface area contributed by atoms with Gasteiger partial charge in [0.15, 0.2) is 5.58 Å². The molecule has 1 fully saturated rings. The van der Waals surface area contributed by atoms with Crippen LogP contribution in [0.5, 0.6) is 5.75 Å². The van der Waals surface area contributed by atoms with E-state index in [1.807, 2.05) is 0 Å². The van der Waals surface area contributed by atoms with Gasteiger partial charge < -0.3 is 25.3 Å². The first-order valence-electron chi connectivity index (χ1n) is 8.14. The number of hydrogen-bond donors (Lipinski definition) is 3. The summed E-state index contributed by atoms with van der Waals surface area (Å²) in [5.41, 5.74) is 7.11. The number of oxazole rings is 1. The number of aromatic nitrogens is 1. The summed E-state index contributed by atoms with van der Waals surface area (Å²) in [5.74, 6) is 0.568. The fourth-order valence-electron chi connectivity index (χ4n) is 2.76. The molecule has 0 radical (unpaired) electrons. The number of aliphatic hydroxyl groups excluding tert-OH is 1. The van der Waals surface area contributed by atoms with Crippen LogP contribution in [0.4, 0.5) is 10.4 Å². The largest absolute Gasteiger partial charge is 0.489 e. The highest BCUT2D eigenvalue weighted by molar-refractivity contribution is 5.76. The molecule has 2 aromatic rings. The minimum absolute atomic E-state index is 0.0994. The number of hydrogen-bond acceptors (Lipinski definition) is 6. The molecule has 1 heterocycles. The molecule has 130 valence electrons. The first kappa shape index (κ1) is 16.7. The van der Waals surface area contributed by atoms with E-state index in [-0.39, 0.29) is 25.3 Å². The second kappa shape index (κ2) is 7.63. The van der Waals surface area contributed by atoms with Gasteiger partial charge in [-0.2, -0.15) is 4.98 Å². The van der Waals surface area contributed by atoms with Gasteiger partial charge in [-0.15, -0.1) is 0 Å². The average molecular weight is 335 g/mol. The Morgan fingerprint density at radius 3 is 2.92 bits per heavy atom. The van der Waals surface area contributed by atoms with Gasteiger partial charge in [-0.25, -0.2) is 4.39 Å². The van der Waals surface area contributed by atoms with E-state index >= 15 is 0 Å². The normalized spacial score (nSPS) is 21.9. The molecular formula is C17H22FN3O3. The number of aliphatic hydroxyl groups is 1. The van der Waals surface area contributed by atoms with Crippen molar-refractivity contribution in [1.29, 1.82) is 0 Å². The second-order valence-electron chi connectivity index (χ2n) is 6.06. The Morgan fingerprint density at radius 2 is 2.21 bits per heavy atom. The fraction of sp³-hybridized carbons (Fsp3) is 0.471. The van der Waals surface area contributed by atoms with Crippen LogP contribution in [0, 0.1) is 0 Å². The van der Waals surface area contributed by atoms with Crippen molar-refractivity contribution in [3.8, 4) is 5.75 Å². The molecule has 0 bridgehead atoms. The van der Waals surface area contributed by atoms with Crippen molar-refractivity contribution in [2.24, 2.45) is 5.73 Å². The number of rotatable bonds is 6. The second-order valence-corrected chi connectivity index (χ2v) is 6.06. The molecule has 1 aliphatic rings. The van der Waals surface area contributed by atoms with E-state index in [1.165, 1.54) is 0 Å². The Hall–Kier alpha value is -2.12. The summed E-state index contributed by atoms with van der Waals surface area (Å²) >= 11 is 0. The lowest BCUT2D eigenvalue weighted by atomic mass is 9.93. The predicted octanol–water partition coefficient (Wildman–Crippen LogP) is 2.73. The zero-order valence-electron chi connectivity index (χ0n) is 13.4. The quantitative estimate of drug-likeness (QED) is 0.751. The van der Waals surface area contributed by atoms with Gasteiger partial charge in [-0.3, -0.25) is 0 Å². The van der Waals surface area contributed by atoms with Crippen LogP contribution in [0.25, 0.3) is 11.1 Å². The standard InChI is InChI=1S/C17H22FN3O3/c18-8-11(9-19)10-23-14-5-6-15-16(7-14)24-17(21-15)20-12-1-3-13(22)4-2-12/h5-8,12-13,22H,1-4,9-10,19H2,(H,20,21). The zero-order chi connectivity index (χ0) is 16.9. The van der Waals surface area contributed by atoms with E-state index in [9.17, 15) is 9.50 Å². The lowest BCUT2D eigenvalue weighted by Gasteiger charge is -2.25. The van der Waals surface area contributed by atoms with Crippen molar-refractivity contribution in [2.45, 2.75) is 37.8 Å². The third-order valence-corrected chi connectivity index (χ3v) is 4.22. The van der Waals surface area contributed by atoms with E-state index in [1.54, 1.807) is 18.2 Å². The fourth-order valence-corrected chi connectivity index (χ4v) is 2.76. The average Bonchev–Trinajstić information content (AvgIpc) is 2.99. The molecule has 4 N–H and O–H groups in total. The number of anilines is 1. The molecule has 1 aromatic carbocycles. The molecule has 0 aliphatic heterocycles.